The third-order valence-corrected chi connectivity index (χ3v) is 2.60. The van der Waals surface area contributed by atoms with Crippen LogP contribution in [0.3, 0.4) is 0 Å². The van der Waals surface area contributed by atoms with E-state index in [0.29, 0.717) is 0 Å². The van der Waals surface area contributed by atoms with Gasteiger partial charge < -0.3 is 0 Å². The summed E-state index contributed by atoms with van der Waals surface area (Å²) in [7, 11) is 0. The summed E-state index contributed by atoms with van der Waals surface area (Å²) in [5.41, 5.74) is 5.17. The van der Waals surface area contributed by atoms with Gasteiger partial charge in [-0.3, -0.25) is 4.79 Å². The van der Waals surface area contributed by atoms with Crippen LogP contribution in [0.5, 0.6) is 0 Å². The van der Waals surface area contributed by atoms with Crippen molar-refractivity contribution in [2.24, 2.45) is 0 Å². The van der Waals surface area contributed by atoms with E-state index in [1.165, 1.54) is 22.3 Å². The van der Waals surface area contributed by atoms with Gasteiger partial charge in [-0.15, -0.1) is 0 Å². The second-order valence-corrected chi connectivity index (χ2v) is 3.70. The molecule has 0 heterocycles. The highest BCUT2D eigenvalue weighted by molar-refractivity contribution is 5.75. The number of aldehydes is 1. The van der Waals surface area contributed by atoms with Gasteiger partial charge in [0.05, 0.1) is 0 Å². The van der Waals surface area contributed by atoms with Gasteiger partial charge in [0.1, 0.15) is 6.29 Å². The minimum Gasteiger partial charge on any atom is -0.299 e. The molecule has 1 heteroatoms. The third-order valence-electron chi connectivity index (χ3n) is 2.60. The first-order chi connectivity index (χ1) is 7.22. The van der Waals surface area contributed by atoms with Crippen molar-refractivity contribution in [1.82, 2.24) is 0 Å². The van der Waals surface area contributed by atoms with Crippen LogP contribution in [0, 0.1) is 6.92 Å². The van der Waals surface area contributed by atoms with Gasteiger partial charge in [-0.2, -0.15) is 0 Å². The zero-order valence-corrected chi connectivity index (χ0v) is 9.71. The molecule has 0 aromatic heterocycles. The summed E-state index contributed by atoms with van der Waals surface area (Å²) in [6, 6.07) is 4.40. The highest BCUT2D eigenvalue weighted by Crippen LogP contribution is 2.20. The van der Waals surface area contributed by atoms with Crippen LogP contribution in [0.25, 0.3) is 6.08 Å². The van der Waals surface area contributed by atoms with E-state index in [9.17, 15) is 4.79 Å². The normalized spacial score (nSPS) is 10.9. The Kier molecular flexibility index (Phi) is 4.29. The molecule has 0 bridgehead atoms. The molecule has 0 fully saturated rings. The average Bonchev–Trinajstić information content (AvgIpc) is 2.26. The van der Waals surface area contributed by atoms with Gasteiger partial charge in [0.25, 0.3) is 0 Å². The number of allylic oxidation sites excluding steroid dienone is 1. The molecule has 0 unspecified atom stereocenters. The summed E-state index contributed by atoms with van der Waals surface area (Å²) in [4.78, 5) is 10.4. The lowest BCUT2D eigenvalue weighted by Gasteiger charge is -2.11. The summed E-state index contributed by atoms with van der Waals surface area (Å²) >= 11 is 0. The first kappa shape index (κ1) is 11.7. The van der Waals surface area contributed by atoms with Gasteiger partial charge in [0.2, 0.25) is 0 Å². The smallest absolute Gasteiger partial charge is 0.142 e. The van der Waals surface area contributed by atoms with Gasteiger partial charge >= 0.3 is 0 Å². The third kappa shape index (κ3) is 2.79. The standard InChI is InChI=1S/C14H18O/c1-4-12-9-11(3)10-13(5-2)14(12)7-6-8-15/h6-10H,4-5H2,1-3H3/b7-6+. The van der Waals surface area contributed by atoms with Crippen LogP contribution >= 0.6 is 0 Å². The fourth-order valence-electron chi connectivity index (χ4n) is 1.89. The Labute approximate surface area is 91.8 Å². The van der Waals surface area contributed by atoms with Crippen LogP contribution in [0.4, 0.5) is 0 Å². The van der Waals surface area contributed by atoms with Crippen molar-refractivity contribution in [3.05, 3.63) is 40.5 Å². The van der Waals surface area contributed by atoms with Crippen LogP contribution in [0.1, 0.15) is 36.1 Å². The molecule has 0 aliphatic rings. The predicted molar refractivity (Wildman–Crippen MR) is 65.0 cm³/mol. The second-order valence-electron chi connectivity index (χ2n) is 3.70. The lowest BCUT2D eigenvalue weighted by Crippen LogP contribution is -1.95. The highest BCUT2D eigenvalue weighted by atomic mass is 16.1. The summed E-state index contributed by atoms with van der Waals surface area (Å²) < 4.78 is 0. The quantitative estimate of drug-likeness (QED) is 0.540. The Hall–Kier alpha value is -1.37. The molecule has 0 saturated heterocycles. The molecule has 0 saturated carbocycles. The fourth-order valence-corrected chi connectivity index (χ4v) is 1.89. The van der Waals surface area contributed by atoms with Gasteiger partial charge in [0, 0.05) is 0 Å². The topological polar surface area (TPSA) is 17.1 Å². The van der Waals surface area contributed by atoms with E-state index in [0.717, 1.165) is 19.1 Å². The van der Waals surface area contributed by atoms with Crippen molar-refractivity contribution in [2.75, 3.05) is 0 Å². The second kappa shape index (κ2) is 5.50. The van der Waals surface area contributed by atoms with Gasteiger partial charge in [-0.1, -0.05) is 37.6 Å². The zero-order valence-electron chi connectivity index (χ0n) is 9.71. The molecule has 1 rings (SSSR count). The monoisotopic (exact) mass is 202 g/mol. The number of hydrogen-bond donors (Lipinski definition) is 0. The fraction of sp³-hybridized carbons (Fsp3) is 0.357. The average molecular weight is 202 g/mol. The van der Waals surface area contributed by atoms with Crippen LogP contribution in [-0.4, -0.2) is 6.29 Å². The first-order valence-electron chi connectivity index (χ1n) is 5.47. The Balaban J connectivity index is 3.29. The zero-order chi connectivity index (χ0) is 11.3. The molecule has 15 heavy (non-hydrogen) atoms. The molecule has 1 nitrogen and oxygen atoms in total. The van der Waals surface area contributed by atoms with Crippen LogP contribution in [0.15, 0.2) is 18.2 Å². The highest BCUT2D eigenvalue weighted by Gasteiger charge is 2.04. The predicted octanol–water partition coefficient (Wildman–Crippen LogP) is 3.33. The summed E-state index contributed by atoms with van der Waals surface area (Å²) in [6.45, 7) is 6.41. The maximum atomic E-state index is 10.4. The van der Waals surface area contributed by atoms with Crippen molar-refractivity contribution < 1.29 is 4.79 Å². The summed E-state index contributed by atoms with van der Waals surface area (Å²) in [6.07, 6.45) is 6.34. The van der Waals surface area contributed by atoms with E-state index in [4.69, 9.17) is 0 Å². The molecule has 0 radical (unpaired) electrons. The first-order valence-corrected chi connectivity index (χ1v) is 5.47. The van der Waals surface area contributed by atoms with Gasteiger partial charge in [0.15, 0.2) is 0 Å². The van der Waals surface area contributed by atoms with E-state index < -0.39 is 0 Å². The molecular weight excluding hydrogens is 184 g/mol. The molecule has 0 aliphatic carbocycles. The molecule has 0 spiro atoms. The SMILES string of the molecule is CCc1cc(C)cc(CC)c1/C=C/C=O. The van der Waals surface area contributed by atoms with E-state index in [1.54, 1.807) is 6.08 Å². The largest absolute Gasteiger partial charge is 0.299 e. The minimum absolute atomic E-state index is 0.832. The van der Waals surface area contributed by atoms with Gasteiger partial charge in [-0.05, 0) is 42.5 Å². The van der Waals surface area contributed by atoms with Crippen molar-refractivity contribution in [3.8, 4) is 0 Å². The number of hydrogen-bond acceptors (Lipinski definition) is 1. The summed E-state index contributed by atoms with van der Waals surface area (Å²) in [5.74, 6) is 0. The lowest BCUT2D eigenvalue weighted by atomic mass is 9.95. The molecular formula is C14H18O. The molecule has 80 valence electrons. The lowest BCUT2D eigenvalue weighted by molar-refractivity contribution is -0.104. The Morgan fingerprint density at radius 2 is 1.67 bits per heavy atom. The Morgan fingerprint density at radius 1 is 1.13 bits per heavy atom. The van der Waals surface area contributed by atoms with Crippen molar-refractivity contribution in [3.63, 3.8) is 0 Å². The number of carbonyl (C=O) groups excluding carboxylic acids is 1. The van der Waals surface area contributed by atoms with E-state index >= 15 is 0 Å². The number of rotatable bonds is 4. The van der Waals surface area contributed by atoms with Crippen molar-refractivity contribution in [1.29, 1.82) is 0 Å². The Bertz CT molecular complexity index is 350. The minimum atomic E-state index is 0.832. The van der Waals surface area contributed by atoms with E-state index in [-0.39, 0.29) is 0 Å². The van der Waals surface area contributed by atoms with Crippen LogP contribution in [0.2, 0.25) is 0 Å². The summed E-state index contributed by atoms with van der Waals surface area (Å²) in [5, 5.41) is 0. The molecule has 0 atom stereocenters. The maximum Gasteiger partial charge on any atom is 0.142 e. The molecule has 1 aromatic rings. The van der Waals surface area contributed by atoms with Crippen molar-refractivity contribution >= 4 is 12.4 Å². The number of carbonyl (C=O) groups is 1. The number of aryl methyl sites for hydroxylation is 3. The molecule has 1 aromatic carbocycles. The number of benzene rings is 1. The maximum absolute atomic E-state index is 10.4. The van der Waals surface area contributed by atoms with Crippen molar-refractivity contribution in [2.45, 2.75) is 33.6 Å². The van der Waals surface area contributed by atoms with Gasteiger partial charge in [-0.25, -0.2) is 0 Å². The van der Waals surface area contributed by atoms with Crippen LogP contribution < -0.4 is 0 Å². The Morgan fingerprint density at radius 3 is 2.07 bits per heavy atom. The molecule has 0 aliphatic heterocycles. The van der Waals surface area contributed by atoms with E-state index in [2.05, 4.69) is 32.9 Å². The van der Waals surface area contributed by atoms with E-state index in [1.807, 2.05) is 6.08 Å². The molecule has 0 amide bonds. The molecule has 0 N–H and O–H groups in total. The van der Waals surface area contributed by atoms with Crippen LogP contribution in [-0.2, 0) is 17.6 Å².